The summed E-state index contributed by atoms with van der Waals surface area (Å²) in [4.78, 5) is 2.48. The van der Waals surface area contributed by atoms with E-state index in [1.165, 1.54) is 11.1 Å². The van der Waals surface area contributed by atoms with Crippen molar-refractivity contribution in [2.24, 2.45) is 0 Å². The van der Waals surface area contributed by atoms with Crippen LogP contribution in [0.15, 0.2) is 24.3 Å². The van der Waals surface area contributed by atoms with Gasteiger partial charge in [-0.2, -0.15) is 0 Å². The highest BCUT2D eigenvalue weighted by Crippen LogP contribution is 2.16. The summed E-state index contributed by atoms with van der Waals surface area (Å²) in [7, 11) is 0. The smallest absolute Gasteiger partial charge is 0.0238 e. The van der Waals surface area contributed by atoms with E-state index in [1.54, 1.807) is 0 Å². The highest BCUT2D eigenvalue weighted by atomic mass is 15.2. The van der Waals surface area contributed by atoms with Gasteiger partial charge in [-0.05, 0) is 39.8 Å². The summed E-state index contributed by atoms with van der Waals surface area (Å²) in [6, 6.07) is 8.82. The van der Waals surface area contributed by atoms with E-state index in [4.69, 9.17) is 0 Å². The summed E-state index contributed by atoms with van der Waals surface area (Å²) in [6.45, 7) is 13.3. The van der Waals surface area contributed by atoms with Crippen molar-refractivity contribution in [2.45, 2.75) is 46.7 Å². The molecule has 0 aliphatic rings. The summed E-state index contributed by atoms with van der Waals surface area (Å²) in [5, 5.41) is 0. The lowest BCUT2D eigenvalue weighted by Gasteiger charge is -2.34. The summed E-state index contributed by atoms with van der Waals surface area (Å²) in [5.41, 5.74) is 2.98. The van der Waals surface area contributed by atoms with Crippen LogP contribution in [0.3, 0.4) is 0 Å². The fourth-order valence-electron chi connectivity index (χ4n) is 1.74. The molecule has 0 aliphatic carbocycles. The standard InChI is InChI=1S/C14H23N/c1-6-15(14(3,4)5)11-13-9-7-12(2)8-10-13/h7-10H,6,11H2,1-5H3. The number of hydrogen-bond acceptors (Lipinski definition) is 1. The number of aryl methyl sites for hydroxylation is 1. The molecular weight excluding hydrogens is 182 g/mol. The SMILES string of the molecule is CCN(Cc1ccc(C)cc1)C(C)(C)C. The minimum Gasteiger partial charge on any atom is -0.295 e. The van der Waals surface area contributed by atoms with E-state index in [9.17, 15) is 0 Å². The average molecular weight is 205 g/mol. The zero-order valence-corrected chi connectivity index (χ0v) is 10.7. The highest BCUT2D eigenvalue weighted by molar-refractivity contribution is 5.21. The predicted octanol–water partition coefficient (Wildman–Crippen LogP) is 3.62. The second-order valence-corrected chi connectivity index (χ2v) is 5.17. The molecule has 1 aromatic carbocycles. The molecular formula is C14H23N. The molecule has 0 spiro atoms. The lowest BCUT2D eigenvalue weighted by Crippen LogP contribution is -2.40. The van der Waals surface area contributed by atoms with Crippen LogP contribution in [0.5, 0.6) is 0 Å². The number of nitrogens with zero attached hydrogens (tertiary/aromatic N) is 1. The van der Waals surface area contributed by atoms with Crippen molar-refractivity contribution in [3.05, 3.63) is 35.4 Å². The second-order valence-electron chi connectivity index (χ2n) is 5.17. The first-order chi connectivity index (χ1) is 6.93. The van der Waals surface area contributed by atoms with Gasteiger partial charge >= 0.3 is 0 Å². The third-order valence-corrected chi connectivity index (χ3v) is 2.82. The molecule has 0 bridgehead atoms. The first kappa shape index (κ1) is 12.3. The maximum absolute atomic E-state index is 2.48. The van der Waals surface area contributed by atoms with Crippen LogP contribution in [0.25, 0.3) is 0 Å². The maximum atomic E-state index is 2.48. The highest BCUT2D eigenvalue weighted by Gasteiger charge is 2.19. The van der Waals surface area contributed by atoms with E-state index in [0.717, 1.165) is 13.1 Å². The molecule has 0 fully saturated rings. The maximum Gasteiger partial charge on any atom is 0.0238 e. The van der Waals surface area contributed by atoms with Crippen molar-refractivity contribution < 1.29 is 0 Å². The second kappa shape index (κ2) is 4.80. The van der Waals surface area contributed by atoms with Gasteiger partial charge in [-0.3, -0.25) is 4.90 Å². The van der Waals surface area contributed by atoms with E-state index in [2.05, 4.69) is 63.8 Å². The molecule has 15 heavy (non-hydrogen) atoms. The molecule has 1 nitrogen and oxygen atoms in total. The molecule has 0 aliphatic heterocycles. The van der Waals surface area contributed by atoms with Crippen molar-refractivity contribution in [1.29, 1.82) is 0 Å². The van der Waals surface area contributed by atoms with Crippen LogP contribution in [0.2, 0.25) is 0 Å². The molecule has 0 unspecified atom stereocenters. The molecule has 1 rings (SSSR count). The van der Waals surface area contributed by atoms with E-state index in [0.29, 0.717) is 0 Å². The lowest BCUT2D eigenvalue weighted by molar-refractivity contribution is 0.136. The largest absolute Gasteiger partial charge is 0.295 e. The Morgan fingerprint density at radius 1 is 1.07 bits per heavy atom. The molecule has 0 N–H and O–H groups in total. The van der Waals surface area contributed by atoms with Crippen molar-refractivity contribution in [2.75, 3.05) is 6.54 Å². The van der Waals surface area contributed by atoms with E-state index < -0.39 is 0 Å². The van der Waals surface area contributed by atoms with E-state index in [1.807, 2.05) is 0 Å². The number of benzene rings is 1. The molecule has 1 heteroatoms. The summed E-state index contributed by atoms with van der Waals surface area (Å²) < 4.78 is 0. The zero-order valence-electron chi connectivity index (χ0n) is 10.7. The third-order valence-electron chi connectivity index (χ3n) is 2.82. The van der Waals surface area contributed by atoms with Crippen LogP contribution in [0.1, 0.15) is 38.8 Å². The van der Waals surface area contributed by atoms with Crippen LogP contribution < -0.4 is 0 Å². The average Bonchev–Trinajstić information content (AvgIpc) is 2.15. The Morgan fingerprint density at radius 2 is 1.60 bits per heavy atom. The Hall–Kier alpha value is -0.820. The van der Waals surface area contributed by atoms with Gasteiger partial charge < -0.3 is 0 Å². The molecule has 0 atom stereocenters. The van der Waals surface area contributed by atoms with Crippen LogP contribution in [0.4, 0.5) is 0 Å². The fourth-order valence-corrected chi connectivity index (χ4v) is 1.74. The van der Waals surface area contributed by atoms with Gasteiger partial charge in [-0.15, -0.1) is 0 Å². The molecule has 0 saturated heterocycles. The molecule has 0 heterocycles. The molecule has 0 radical (unpaired) electrons. The Balaban J connectivity index is 2.71. The first-order valence-electron chi connectivity index (χ1n) is 5.74. The Kier molecular flexibility index (Phi) is 3.92. The van der Waals surface area contributed by atoms with Crippen molar-refractivity contribution in [3.8, 4) is 0 Å². The van der Waals surface area contributed by atoms with Crippen LogP contribution in [-0.4, -0.2) is 17.0 Å². The van der Waals surface area contributed by atoms with Crippen LogP contribution in [-0.2, 0) is 6.54 Å². The monoisotopic (exact) mass is 205 g/mol. The molecule has 0 saturated carbocycles. The predicted molar refractivity (Wildman–Crippen MR) is 67.0 cm³/mol. The van der Waals surface area contributed by atoms with E-state index >= 15 is 0 Å². The molecule has 0 aromatic heterocycles. The molecule has 84 valence electrons. The van der Waals surface area contributed by atoms with Gasteiger partial charge in [0.2, 0.25) is 0 Å². The van der Waals surface area contributed by atoms with Crippen molar-refractivity contribution >= 4 is 0 Å². The number of hydrogen-bond donors (Lipinski definition) is 0. The molecule has 0 amide bonds. The van der Waals surface area contributed by atoms with Gasteiger partial charge in [-0.1, -0.05) is 36.8 Å². The minimum absolute atomic E-state index is 0.250. The third kappa shape index (κ3) is 3.67. The first-order valence-corrected chi connectivity index (χ1v) is 5.74. The van der Waals surface area contributed by atoms with Crippen LogP contribution in [0, 0.1) is 6.92 Å². The molecule has 1 aromatic rings. The van der Waals surface area contributed by atoms with Crippen molar-refractivity contribution in [3.63, 3.8) is 0 Å². The zero-order chi connectivity index (χ0) is 11.5. The minimum atomic E-state index is 0.250. The Bertz CT molecular complexity index is 292. The van der Waals surface area contributed by atoms with Gasteiger partial charge in [0.15, 0.2) is 0 Å². The van der Waals surface area contributed by atoms with Gasteiger partial charge in [0.1, 0.15) is 0 Å². The van der Waals surface area contributed by atoms with E-state index in [-0.39, 0.29) is 5.54 Å². The topological polar surface area (TPSA) is 3.24 Å². The van der Waals surface area contributed by atoms with Crippen molar-refractivity contribution in [1.82, 2.24) is 4.90 Å². The van der Waals surface area contributed by atoms with Gasteiger partial charge in [0.25, 0.3) is 0 Å². The quantitative estimate of drug-likeness (QED) is 0.728. The summed E-state index contributed by atoms with van der Waals surface area (Å²) in [5.74, 6) is 0. The summed E-state index contributed by atoms with van der Waals surface area (Å²) >= 11 is 0. The Morgan fingerprint density at radius 3 is 2.00 bits per heavy atom. The normalized spacial score (nSPS) is 12.1. The number of rotatable bonds is 3. The van der Waals surface area contributed by atoms with Gasteiger partial charge in [0.05, 0.1) is 0 Å². The Labute approximate surface area is 94.1 Å². The van der Waals surface area contributed by atoms with Gasteiger partial charge in [-0.25, -0.2) is 0 Å². The fraction of sp³-hybridized carbons (Fsp3) is 0.571. The van der Waals surface area contributed by atoms with Crippen LogP contribution >= 0.6 is 0 Å². The lowest BCUT2D eigenvalue weighted by atomic mass is 10.0. The van der Waals surface area contributed by atoms with Gasteiger partial charge in [0, 0.05) is 12.1 Å². The summed E-state index contributed by atoms with van der Waals surface area (Å²) in [6.07, 6.45) is 0.